The van der Waals surface area contributed by atoms with Gasteiger partial charge in [0.1, 0.15) is 11.6 Å². The van der Waals surface area contributed by atoms with Gasteiger partial charge in [-0.3, -0.25) is 9.78 Å². The monoisotopic (exact) mass is 572 g/mol. The van der Waals surface area contributed by atoms with Gasteiger partial charge in [-0.25, -0.2) is 9.18 Å². The highest BCUT2D eigenvalue weighted by Crippen LogP contribution is 2.46. The Morgan fingerprint density at radius 3 is 2.45 bits per heavy atom. The standard InChI is InChI=1S/C33H33FN2O6/c1-21-26(9-7-25(37)15-22-5-4-10-35-20-22)29-19-24(34)6-8-27(29)28(21)16-23-17-30(39-2)32(31(18-23)40-3)42-33(38)36-11-13-41-14-12-36/h4-6,8,10,16-20H,7,9,11-15H2,1-3H3. The predicted molar refractivity (Wildman–Crippen MR) is 157 cm³/mol. The molecule has 1 amide bonds. The molecule has 8 nitrogen and oxygen atoms in total. The van der Waals surface area contributed by atoms with Crippen LogP contribution in [0.3, 0.4) is 0 Å². The van der Waals surface area contributed by atoms with Crippen LogP contribution in [-0.2, 0) is 16.0 Å². The summed E-state index contributed by atoms with van der Waals surface area (Å²) >= 11 is 0. The largest absolute Gasteiger partial charge is 0.493 e. The molecule has 2 aromatic carbocycles. The Labute approximate surface area is 244 Å². The molecule has 218 valence electrons. The third kappa shape index (κ3) is 6.36. The lowest BCUT2D eigenvalue weighted by molar-refractivity contribution is -0.118. The van der Waals surface area contributed by atoms with Crippen LogP contribution in [0.5, 0.6) is 17.2 Å². The van der Waals surface area contributed by atoms with E-state index in [0.717, 1.165) is 39.0 Å². The summed E-state index contributed by atoms with van der Waals surface area (Å²) in [6, 6.07) is 12.0. The summed E-state index contributed by atoms with van der Waals surface area (Å²) in [5.41, 5.74) is 6.08. The molecule has 1 aromatic heterocycles. The predicted octanol–water partition coefficient (Wildman–Crippen LogP) is 5.99. The highest BCUT2D eigenvalue weighted by molar-refractivity contribution is 6.05. The zero-order valence-corrected chi connectivity index (χ0v) is 23.9. The van der Waals surface area contributed by atoms with Crippen molar-refractivity contribution in [2.45, 2.75) is 26.2 Å². The van der Waals surface area contributed by atoms with Crippen molar-refractivity contribution >= 4 is 29.1 Å². The third-order valence-corrected chi connectivity index (χ3v) is 7.48. The Morgan fingerprint density at radius 1 is 1.05 bits per heavy atom. The summed E-state index contributed by atoms with van der Waals surface area (Å²) in [6.07, 6.45) is 5.96. The maximum absolute atomic E-state index is 14.4. The zero-order valence-electron chi connectivity index (χ0n) is 23.9. The first kappa shape index (κ1) is 29.0. The number of ketones is 1. The quantitative estimate of drug-likeness (QED) is 0.311. The van der Waals surface area contributed by atoms with Crippen LogP contribution in [0.4, 0.5) is 9.18 Å². The number of rotatable bonds is 9. The number of allylic oxidation sites excluding steroid dienone is 3. The maximum atomic E-state index is 14.4. The number of hydrogen-bond acceptors (Lipinski definition) is 7. The van der Waals surface area contributed by atoms with Gasteiger partial charge in [0.2, 0.25) is 5.75 Å². The molecule has 3 aromatic rings. The molecule has 1 aliphatic carbocycles. The summed E-state index contributed by atoms with van der Waals surface area (Å²) in [7, 11) is 2.99. The van der Waals surface area contributed by atoms with E-state index in [-0.39, 0.29) is 17.3 Å². The number of ether oxygens (including phenoxy) is 4. The molecule has 0 unspecified atom stereocenters. The fourth-order valence-electron chi connectivity index (χ4n) is 5.31. The van der Waals surface area contributed by atoms with Gasteiger partial charge in [-0.05, 0) is 88.7 Å². The average molecular weight is 573 g/mol. The van der Waals surface area contributed by atoms with Crippen molar-refractivity contribution in [3.05, 3.63) is 88.5 Å². The summed E-state index contributed by atoms with van der Waals surface area (Å²) in [4.78, 5) is 31.2. The van der Waals surface area contributed by atoms with Crippen LogP contribution in [0.1, 0.15) is 42.0 Å². The van der Waals surface area contributed by atoms with E-state index in [1.165, 1.54) is 26.4 Å². The number of halogens is 1. The third-order valence-electron chi connectivity index (χ3n) is 7.48. The van der Waals surface area contributed by atoms with E-state index in [2.05, 4.69) is 4.98 Å². The first-order chi connectivity index (χ1) is 20.4. The fourth-order valence-corrected chi connectivity index (χ4v) is 5.31. The van der Waals surface area contributed by atoms with E-state index in [9.17, 15) is 14.0 Å². The van der Waals surface area contributed by atoms with Crippen molar-refractivity contribution in [2.24, 2.45) is 0 Å². The Kier molecular flexibility index (Phi) is 8.97. The second kappa shape index (κ2) is 13.0. The summed E-state index contributed by atoms with van der Waals surface area (Å²) in [6.45, 7) is 3.77. The molecule has 0 spiro atoms. The summed E-state index contributed by atoms with van der Waals surface area (Å²) < 4.78 is 36.6. The van der Waals surface area contributed by atoms with Gasteiger partial charge in [0.25, 0.3) is 0 Å². The number of morpholine rings is 1. The molecule has 1 fully saturated rings. The topological polar surface area (TPSA) is 87.2 Å². The van der Waals surface area contributed by atoms with E-state index in [1.807, 2.05) is 25.1 Å². The number of carbonyl (C=O) groups is 2. The van der Waals surface area contributed by atoms with Crippen LogP contribution < -0.4 is 14.2 Å². The molecule has 2 heterocycles. The Balaban J connectivity index is 1.43. The van der Waals surface area contributed by atoms with Gasteiger partial charge in [0.15, 0.2) is 11.5 Å². The Morgan fingerprint density at radius 2 is 1.79 bits per heavy atom. The molecule has 9 heteroatoms. The van der Waals surface area contributed by atoms with Crippen molar-refractivity contribution in [1.29, 1.82) is 0 Å². The molecular weight excluding hydrogens is 539 g/mol. The van der Waals surface area contributed by atoms with Crippen molar-refractivity contribution < 1.29 is 32.9 Å². The van der Waals surface area contributed by atoms with Crippen molar-refractivity contribution in [1.82, 2.24) is 9.88 Å². The lowest BCUT2D eigenvalue weighted by Crippen LogP contribution is -2.42. The molecule has 5 rings (SSSR count). The minimum atomic E-state index is -0.505. The first-order valence-corrected chi connectivity index (χ1v) is 13.8. The molecule has 0 radical (unpaired) electrons. The normalized spacial score (nSPS) is 15.5. The van der Waals surface area contributed by atoms with Crippen LogP contribution in [0.15, 0.2) is 60.4 Å². The van der Waals surface area contributed by atoms with Crippen molar-refractivity contribution in [3.63, 3.8) is 0 Å². The number of fused-ring (bicyclic) bond motifs is 1. The molecule has 1 aliphatic heterocycles. The molecular formula is C33H33FN2O6. The fraction of sp³-hybridized carbons (Fsp3) is 0.303. The first-order valence-electron chi connectivity index (χ1n) is 13.8. The van der Waals surface area contributed by atoms with Crippen molar-refractivity contribution in [2.75, 3.05) is 40.5 Å². The highest BCUT2D eigenvalue weighted by Gasteiger charge is 2.26. The number of pyridine rings is 1. The molecule has 0 atom stereocenters. The van der Waals surface area contributed by atoms with Crippen molar-refractivity contribution in [3.8, 4) is 17.2 Å². The summed E-state index contributed by atoms with van der Waals surface area (Å²) in [5.74, 6) is 0.616. The lowest BCUT2D eigenvalue weighted by Gasteiger charge is -2.26. The van der Waals surface area contributed by atoms with E-state index in [0.29, 0.717) is 57.1 Å². The van der Waals surface area contributed by atoms with Crippen LogP contribution >= 0.6 is 0 Å². The van der Waals surface area contributed by atoms with Crippen LogP contribution in [0.25, 0.3) is 17.2 Å². The lowest BCUT2D eigenvalue weighted by atomic mass is 9.98. The van der Waals surface area contributed by atoms with Gasteiger partial charge in [0, 0.05) is 38.3 Å². The minimum Gasteiger partial charge on any atom is -0.493 e. The van der Waals surface area contributed by atoms with Crippen LogP contribution in [0.2, 0.25) is 0 Å². The van der Waals surface area contributed by atoms with Gasteiger partial charge >= 0.3 is 6.09 Å². The second-order valence-corrected chi connectivity index (χ2v) is 10.2. The van der Waals surface area contributed by atoms with Gasteiger partial charge < -0.3 is 23.8 Å². The molecule has 1 saturated heterocycles. The maximum Gasteiger partial charge on any atom is 0.415 e. The number of Topliss-reactive ketones (excluding diaryl/α,β-unsaturated/α-hetero) is 1. The minimum absolute atomic E-state index is 0.0929. The number of methoxy groups -OCH3 is 2. The highest BCUT2D eigenvalue weighted by atomic mass is 19.1. The molecule has 2 aliphatic rings. The second-order valence-electron chi connectivity index (χ2n) is 10.2. The van der Waals surface area contributed by atoms with Gasteiger partial charge in [-0.2, -0.15) is 0 Å². The van der Waals surface area contributed by atoms with E-state index in [4.69, 9.17) is 18.9 Å². The summed E-state index contributed by atoms with van der Waals surface area (Å²) in [5, 5.41) is 0. The van der Waals surface area contributed by atoms with Crippen LogP contribution in [0, 0.1) is 5.82 Å². The van der Waals surface area contributed by atoms with Crippen LogP contribution in [-0.4, -0.2) is 62.3 Å². The van der Waals surface area contributed by atoms with E-state index in [1.54, 1.807) is 35.5 Å². The Bertz CT molecular complexity index is 1520. The Hall–Kier alpha value is -4.50. The smallest absolute Gasteiger partial charge is 0.415 e. The number of hydrogen-bond donors (Lipinski definition) is 0. The number of carbonyl (C=O) groups excluding carboxylic acids is 2. The van der Waals surface area contributed by atoms with E-state index < -0.39 is 6.09 Å². The SMILES string of the molecule is COc1cc(C=C2C(C)=C(CCC(=O)Cc3cccnc3)c3cc(F)ccc32)cc(OC)c1OC(=O)N1CCOCC1. The number of benzene rings is 2. The molecule has 0 saturated carbocycles. The zero-order chi connectivity index (χ0) is 29.6. The number of amides is 1. The number of nitrogens with zero attached hydrogens (tertiary/aromatic N) is 2. The van der Waals surface area contributed by atoms with Gasteiger partial charge in [-0.1, -0.05) is 12.1 Å². The average Bonchev–Trinajstić information content (AvgIpc) is 3.26. The molecule has 42 heavy (non-hydrogen) atoms. The van der Waals surface area contributed by atoms with Gasteiger partial charge in [0.05, 0.1) is 27.4 Å². The number of aromatic nitrogens is 1. The van der Waals surface area contributed by atoms with Gasteiger partial charge in [-0.15, -0.1) is 0 Å². The molecule has 0 N–H and O–H groups in total. The van der Waals surface area contributed by atoms with E-state index >= 15 is 0 Å². The molecule has 0 bridgehead atoms.